The molecule has 1 fully saturated rings. The largest absolute Gasteiger partial charge is 0.480 e. The van der Waals surface area contributed by atoms with Gasteiger partial charge in [-0.05, 0) is 42.7 Å². The second-order valence-corrected chi connectivity index (χ2v) is 7.72. The summed E-state index contributed by atoms with van der Waals surface area (Å²) in [7, 11) is -3.77. The summed E-state index contributed by atoms with van der Waals surface area (Å²) < 4.78 is 28.3. The van der Waals surface area contributed by atoms with Crippen LogP contribution in [0.4, 0.5) is 0 Å². The maximum absolute atomic E-state index is 12.4. The Balaban J connectivity index is 2.08. The molecule has 0 amide bonds. The SMILES string of the molecule is CCc1ccsc1CNS(=O)(=O)N1CCCCC1C(=O)O. The van der Waals surface area contributed by atoms with Crippen LogP contribution >= 0.6 is 11.3 Å². The number of nitrogens with zero attached hydrogens (tertiary/aromatic N) is 1. The number of hydrogen-bond donors (Lipinski definition) is 2. The van der Waals surface area contributed by atoms with Crippen molar-refractivity contribution in [2.24, 2.45) is 0 Å². The normalized spacial score (nSPS) is 20.5. The summed E-state index contributed by atoms with van der Waals surface area (Å²) in [4.78, 5) is 12.2. The number of carboxylic acids is 1. The molecule has 6 nitrogen and oxygen atoms in total. The molecular formula is C13H20N2O4S2. The lowest BCUT2D eigenvalue weighted by Gasteiger charge is -2.31. The summed E-state index contributed by atoms with van der Waals surface area (Å²) in [5.41, 5.74) is 1.12. The van der Waals surface area contributed by atoms with Crippen molar-refractivity contribution in [2.75, 3.05) is 6.54 Å². The molecule has 2 N–H and O–H groups in total. The van der Waals surface area contributed by atoms with Crippen molar-refractivity contribution < 1.29 is 18.3 Å². The fraction of sp³-hybridized carbons (Fsp3) is 0.615. The van der Waals surface area contributed by atoms with Gasteiger partial charge in [0, 0.05) is 18.0 Å². The topological polar surface area (TPSA) is 86.7 Å². The molecule has 1 aliphatic heterocycles. The Bertz CT molecular complexity index is 597. The van der Waals surface area contributed by atoms with Gasteiger partial charge in [-0.15, -0.1) is 11.3 Å². The van der Waals surface area contributed by atoms with Gasteiger partial charge in [0.05, 0.1) is 0 Å². The number of thiophene rings is 1. The molecule has 118 valence electrons. The van der Waals surface area contributed by atoms with E-state index >= 15 is 0 Å². The molecule has 0 aromatic carbocycles. The lowest BCUT2D eigenvalue weighted by molar-refractivity contribution is -0.142. The van der Waals surface area contributed by atoms with Gasteiger partial charge >= 0.3 is 5.97 Å². The van der Waals surface area contributed by atoms with E-state index in [9.17, 15) is 18.3 Å². The number of carbonyl (C=O) groups is 1. The zero-order chi connectivity index (χ0) is 15.5. The Kier molecular flexibility index (Phi) is 5.37. The Labute approximate surface area is 129 Å². The van der Waals surface area contributed by atoms with E-state index in [0.29, 0.717) is 12.8 Å². The van der Waals surface area contributed by atoms with Crippen molar-refractivity contribution in [3.63, 3.8) is 0 Å². The predicted molar refractivity (Wildman–Crippen MR) is 81.4 cm³/mol. The second-order valence-electron chi connectivity index (χ2n) is 5.01. The highest BCUT2D eigenvalue weighted by Crippen LogP contribution is 2.21. The van der Waals surface area contributed by atoms with Crippen LogP contribution in [0.2, 0.25) is 0 Å². The zero-order valence-corrected chi connectivity index (χ0v) is 13.5. The predicted octanol–water partition coefficient (Wildman–Crippen LogP) is 1.58. The van der Waals surface area contributed by atoms with Crippen molar-refractivity contribution in [2.45, 2.75) is 45.2 Å². The first kappa shape index (κ1) is 16.4. The van der Waals surface area contributed by atoms with Gasteiger partial charge in [-0.1, -0.05) is 6.92 Å². The van der Waals surface area contributed by atoms with E-state index in [1.54, 1.807) is 0 Å². The average molecular weight is 332 g/mol. The molecule has 0 bridgehead atoms. The van der Waals surface area contributed by atoms with Crippen molar-refractivity contribution in [1.29, 1.82) is 0 Å². The van der Waals surface area contributed by atoms with E-state index in [1.165, 1.54) is 11.3 Å². The molecule has 2 heterocycles. The molecule has 1 atom stereocenters. The van der Waals surface area contributed by atoms with Crippen LogP contribution in [0, 0.1) is 0 Å². The molecule has 1 saturated heterocycles. The monoisotopic (exact) mass is 332 g/mol. The van der Waals surface area contributed by atoms with E-state index in [2.05, 4.69) is 4.72 Å². The smallest absolute Gasteiger partial charge is 0.322 e. The molecule has 1 aliphatic rings. The van der Waals surface area contributed by atoms with Crippen LogP contribution in [0.25, 0.3) is 0 Å². The third kappa shape index (κ3) is 3.82. The molecular weight excluding hydrogens is 312 g/mol. The van der Waals surface area contributed by atoms with Gasteiger partial charge < -0.3 is 5.11 Å². The van der Waals surface area contributed by atoms with Crippen molar-refractivity contribution in [3.05, 3.63) is 21.9 Å². The Hall–Kier alpha value is -0.960. The highest BCUT2D eigenvalue weighted by molar-refractivity contribution is 7.87. The fourth-order valence-electron chi connectivity index (χ4n) is 2.52. The van der Waals surface area contributed by atoms with Gasteiger partial charge in [0.15, 0.2) is 0 Å². The summed E-state index contributed by atoms with van der Waals surface area (Å²) in [5, 5.41) is 11.1. The van der Waals surface area contributed by atoms with Crippen LogP contribution in [0.3, 0.4) is 0 Å². The van der Waals surface area contributed by atoms with Crippen molar-refractivity contribution >= 4 is 27.5 Å². The van der Waals surface area contributed by atoms with Gasteiger partial charge in [0.2, 0.25) is 0 Å². The minimum Gasteiger partial charge on any atom is -0.480 e. The molecule has 2 rings (SSSR count). The summed E-state index contributed by atoms with van der Waals surface area (Å²) in [6, 6.07) is 1.03. The highest BCUT2D eigenvalue weighted by Gasteiger charge is 2.36. The maximum atomic E-state index is 12.4. The van der Waals surface area contributed by atoms with Crippen LogP contribution in [0.1, 0.15) is 36.6 Å². The Morgan fingerprint density at radius 3 is 2.95 bits per heavy atom. The second kappa shape index (κ2) is 6.87. The summed E-state index contributed by atoms with van der Waals surface area (Å²) in [6.45, 7) is 2.49. The highest BCUT2D eigenvalue weighted by atomic mass is 32.2. The van der Waals surface area contributed by atoms with Crippen LogP contribution in [0.15, 0.2) is 11.4 Å². The first-order valence-corrected chi connectivity index (χ1v) is 9.32. The van der Waals surface area contributed by atoms with E-state index in [4.69, 9.17) is 0 Å². The number of nitrogens with one attached hydrogen (secondary N) is 1. The molecule has 0 aliphatic carbocycles. The quantitative estimate of drug-likeness (QED) is 0.828. The number of carboxylic acid groups (broad SMARTS) is 1. The van der Waals surface area contributed by atoms with E-state index in [1.807, 2.05) is 18.4 Å². The number of piperidine rings is 1. The van der Waals surface area contributed by atoms with E-state index in [0.717, 1.165) is 27.6 Å². The lowest BCUT2D eigenvalue weighted by Crippen LogP contribution is -2.51. The van der Waals surface area contributed by atoms with Gasteiger partial charge in [-0.3, -0.25) is 4.79 Å². The molecule has 1 unspecified atom stereocenters. The first-order valence-electron chi connectivity index (χ1n) is 7.00. The van der Waals surface area contributed by atoms with E-state index in [-0.39, 0.29) is 13.1 Å². The standard InChI is InChI=1S/C13H20N2O4S2/c1-2-10-6-8-20-12(10)9-14-21(18,19)15-7-4-3-5-11(15)13(16)17/h6,8,11,14H,2-5,7,9H2,1H3,(H,16,17). The lowest BCUT2D eigenvalue weighted by atomic mass is 10.1. The molecule has 0 saturated carbocycles. The van der Waals surface area contributed by atoms with Crippen molar-refractivity contribution in [3.8, 4) is 0 Å². The third-order valence-corrected chi connectivity index (χ3v) is 6.21. The number of hydrogen-bond acceptors (Lipinski definition) is 4. The van der Waals surface area contributed by atoms with Crippen LogP contribution in [0.5, 0.6) is 0 Å². The molecule has 1 aromatic heterocycles. The Morgan fingerprint density at radius 2 is 2.29 bits per heavy atom. The maximum Gasteiger partial charge on any atom is 0.322 e. The number of aryl methyl sites for hydroxylation is 1. The van der Waals surface area contributed by atoms with E-state index < -0.39 is 22.2 Å². The summed E-state index contributed by atoms with van der Waals surface area (Å²) >= 11 is 1.51. The van der Waals surface area contributed by atoms with Gasteiger partial charge in [-0.25, -0.2) is 0 Å². The van der Waals surface area contributed by atoms with Gasteiger partial charge in [0.1, 0.15) is 6.04 Å². The van der Waals surface area contributed by atoms with Crippen LogP contribution in [-0.2, 0) is 28.0 Å². The van der Waals surface area contributed by atoms with Crippen molar-refractivity contribution in [1.82, 2.24) is 9.03 Å². The molecule has 1 aromatic rings. The Morgan fingerprint density at radius 1 is 1.52 bits per heavy atom. The van der Waals surface area contributed by atoms with Gasteiger partial charge in [0.25, 0.3) is 10.2 Å². The molecule has 8 heteroatoms. The van der Waals surface area contributed by atoms with Crippen LogP contribution in [-0.4, -0.2) is 36.4 Å². The third-order valence-electron chi connectivity index (χ3n) is 3.68. The minimum absolute atomic E-state index is 0.214. The molecule has 0 radical (unpaired) electrons. The molecule has 21 heavy (non-hydrogen) atoms. The number of rotatable bonds is 6. The minimum atomic E-state index is -3.77. The number of aliphatic carboxylic acids is 1. The summed E-state index contributed by atoms with van der Waals surface area (Å²) in [6.07, 6.45) is 2.66. The zero-order valence-electron chi connectivity index (χ0n) is 11.9. The first-order chi connectivity index (χ1) is 9.95. The fourth-order valence-corrected chi connectivity index (χ4v) is 4.92. The van der Waals surface area contributed by atoms with Gasteiger partial charge in [-0.2, -0.15) is 17.4 Å². The van der Waals surface area contributed by atoms with Crippen LogP contribution < -0.4 is 4.72 Å². The molecule has 0 spiro atoms. The average Bonchev–Trinajstić information content (AvgIpc) is 2.92. The summed E-state index contributed by atoms with van der Waals surface area (Å²) in [5.74, 6) is -1.08.